The van der Waals surface area contributed by atoms with Crippen molar-refractivity contribution >= 4 is 46.4 Å². The Hall–Kier alpha value is -2.77. The first-order chi connectivity index (χ1) is 14.2. The van der Waals surface area contributed by atoms with Crippen molar-refractivity contribution in [3.05, 3.63) is 45.2 Å². The second-order valence-corrected chi connectivity index (χ2v) is 8.66. The van der Waals surface area contributed by atoms with Crippen LogP contribution >= 0.6 is 11.6 Å². The molecule has 7 nitrogen and oxygen atoms in total. The number of aromatic amines is 1. The molecule has 1 saturated heterocycles. The smallest absolute Gasteiger partial charge is 0.256 e. The normalized spacial score (nSPS) is 19.7. The molecule has 158 valence electrons. The van der Waals surface area contributed by atoms with Crippen molar-refractivity contribution in [2.24, 2.45) is 0 Å². The van der Waals surface area contributed by atoms with Gasteiger partial charge in [0.1, 0.15) is 0 Å². The molecule has 4 N–H and O–H groups in total. The number of likely N-dealkylation sites (N-methyl/N-ethyl adjacent to an activating group) is 1. The van der Waals surface area contributed by atoms with Crippen LogP contribution in [-0.2, 0) is 4.79 Å². The number of hydrogen-bond acceptors (Lipinski definition) is 4. The topological polar surface area (TPSA) is 94.5 Å². The lowest BCUT2D eigenvalue weighted by molar-refractivity contribution is -0.110. The van der Waals surface area contributed by atoms with Gasteiger partial charge in [-0.15, -0.1) is 0 Å². The maximum atomic E-state index is 13.2. The van der Waals surface area contributed by atoms with Crippen LogP contribution in [0, 0.1) is 13.8 Å². The molecule has 1 aromatic carbocycles. The zero-order valence-corrected chi connectivity index (χ0v) is 18.4. The lowest BCUT2D eigenvalue weighted by atomic mass is 10.0. The highest BCUT2D eigenvalue weighted by molar-refractivity contribution is 6.38. The first kappa shape index (κ1) is 20.5. The standard InChI is InChI=1S/C22H26ClN5O2/c1-11-18(8-15-14-7-17(24)16(23)9-19(14)26-21(15)29)25-12(2)20(11)22(30)28-6-5-13(10-28)27(3)4/h7-9,13,25H,5-6,10,24H2,1-4H3,(H,26,29)/b15-8-. The molecule has 2 amide bonds. The van der Waals surface area contributed by atoms with Gasteiger partial charge in [-0.1, -0.05) is 11.6 Å². The molecule has 1 fully saturated rings. The van der Waals surface area contributed by atoms with E-state index in [0.717, 1.165) is 36.5 Å². The van der Waals surface area contributed by atoms with E-state index in [1.54, 1.807) is 18.2 Å². The predicted molar refractivity (Wildman–Crippen MR) is 121 cm³/mol. The molecule has 0 spiro atoms. The van der Waals surface area contributed by atoms with Gasteiger partial charge in [-0.2, -0.15) is 0 Å². The minimum Gasteiger partial charge on any atom is -0.398 e. The van der Waals surface area contributed by atoms with E-state index in [4.69, 9.17) is 17.3 Å². The molecule has 3 heterocycles. The molecule has 4 rings (SSSR count). The van der Waals surface area contributed by atoms with E-state index in [9.17, 15) is 9.59 Å². The average Bonchev–Trinajstić information content (AvgIpc) is 3.35. The number of amides is 2. The van der Waals surface area contributed by atoms with Crippen LogP contribution in [0.25, 0.3) is 11.6 Å². The third kappa shape index (κ3) is 3.38. The van der Waals surface area contributed by atoms with Crippen molar-refractivity contribution in [3.8, 4) is 0 Å². The zero-order chi connectivity index (χ0) is 21.7. The summed E-state index contributed by atoms with van der Waals surface area (Å²) in [7, 11) is 4.08. The van der Waals surface area contributed by atoms with Crippen molar-refractivity contribution in [1.82, 2.24) is 14.8 Å². The van der Waals surface area contributed by atoms with Crippen LogP contribution in [0.15, 0.2) is 12.1 Å². The molecule has 0 bridgehead atoms. The number of carbonyl (C=O) groups excluding carboxylic acids is 2. The van der Waals surface area contributed by atoms with Gasteiger partial charge >= 0.3 is 0 Å². The monoisotopic (exact) mass is 427 g/mol. The number of benzene rings is 1. The van der Waals surface area contributed by atoms with Crippen LogP contribution in [0.1, 0.15) is 39.3 Å². The molecule has 30 heavy (non-hydrogen) atoms. The number of halogens is 1. The number of nitrogens with one attached hydrogen (secondary N) is 2. The number of rotatable bonds is 3. The fourth-order valence-electron chi connectivity index (χ4n) is 4.26. The summed E-state index contributed by atoms with van der Waals surface area (Å²) in [4.78, 5) is 33.1. The second-order valence-electron chi connectivity index (χ2n) is 8.25. The summed E-state index contributed by atoms with van der Waals surface area (Å²) < 4.78 is 0. The Labute approximate surface area is 180 Å². The van der Waals surface area contributed by atoms with Gasteiger partial charge in [-0.3, -0.25) is 9.59 Å². The molecule has 0 aliphatic carbocycles. The quantitative estimate of drug-likeness (QED) is 0.518. The van der Waals surface area contributed by atoms with Crippen molar-refractivity contribution in [2.45, 2.75) is 26.3 Å². The van der Waals surface area contributed by atoms with Crippen molar-refractivity contribution < 1.29 is 9.59 Å². The Morgan fingerprint density at radius 3 is 2.73 bits per heavy atom. The number of hydrogen-bond donors (Lipinski definition) is 3. The third-order valence-corrected chi connectivity index (χ3v) is 6.41. The molecule has 1 unspecified atom stereocenters. The maximum Gasteiger partial charge on any atom is 0.256 e. The molecule has 2 aromatic rings. The first-order valence-electron chi connectivity index (χ1n) is 9.94. The molecular formula is C22H26ClN5O2. The van der Waals surface area contributed by atoms with Crippen LogP contribution < -0.4 is 11.1 Å². The Kier molecular flexibility index (Phi) is 5.11. The second kappa shape index (κ2) is 7.49. The first-order valence-corrected chi connectivity index (χ1v) is 10.3. The van der Waals surface area contributed by atoms with E-state index in [-0.39, 0.29) is 11.8 Å². The lowest BCUT2D eigenvalue weighted by Crippen LogP contribution is -2.34. The number of aryl methyl sites for hydroxylation is 1. The SMILES string of the molecule is Cc1[nH]c(/C=C2\C(=O)Nc3cc(Cl)c(N)cc32)c(C)c1C(=O)N1CCC(N(C)C)C1. The third-order valence-electron chi connectivity index (χ3n) is 6.08. The number of carbonyl (C=O) groups is 2. The van der Waals surface area contributed by atoms with Crippen molar-refractivity contribution in [3.63, 3.8) is 0 Å². The van der Waals surface area contributed by atoms with E-state index in [1.807, 2.05) is 32.8 Å². The maximum absolute atomic E-state index is 13.2. The van der Waals surface area contributed by atoms with Gasteiger partial charge in [-0.05, 0) is 58.1 Å². The lowest BCUT2D eigenvalue weighted by Gasteiger charge is -2.20. The molecule has 0 radical (unpaired) electrons. The summed E-state index contributed by atoms with van der Waals surface area (Å²) in [6, 6.07) is 3.73. The largest absolute Gasteiger partial charge is 0.398 e. The van der Waals surface area contributed by atoms with Crippen LogP contribution in [0.5, 0.6) is 0 Å². The van der Waals surface area contributed by atoms with E-state index >= 15 is 0 Å². The highest BCUT2D eigenvalue weighted by Gasteiger charge is 2.31. The Morgan fingerprint density at radius 2 is 2.07 bits per heavy atom. The zero-order valence-electron chi connectivity index (χ0n) is 17.6. The van der Waals surface area contributed by atoms with E-state index < -0.39 is 0 Å². The Balaban J connectivity index is 1.68. The number of nitrogens with two attached hydrogens (primary N) is 1. The van der Waals surface area contributed by atoms with Crippen LogP contribution in [0.2, 0.25) is 5.02 Å². The minimum atomic E-state index is -0.223. The number of anilines is 2. The molecule has 1 atom stereocenters. The van der Waals surface area contributed by atoms with Gasteiger partial charge in [-0.25, -0.2) is 0 Å². The number of aromatic nitrogens is 1. The van der Waals surface area contributed by atoms with Gasteiger partial charge in [0.05, 0.1) is 27.5 Å². The summed E-state index contributed by atoms with van der Waals surface area (Å²) in [6.07, 6.45) is 2.75. The fraction of sp³-hybridized carbons (Fsp3) is 0.364. The van der Waals surface area contributed by atoms with E-state index in [2.05, 4.69) is 15.2 Å². The summed E-state index contributed by atoms with van der Waals surface area (Å²) in [5.74, 6) is -0.192. The molecule has 1 aromatic heterocycles. The van der Waals surface area contributed by atoms with Gasteiger partial charge in [0.15, 0.2) is 0 Å². The number of fused-ring (bicyclic) bond motifs is 1. The molecule has 8 heteroatoms. The van der Waals surface area contributed by atoms with Gasteiger partial charge in [0.2, 0.25) is 0 Å². The van der Waals surface area contributed by atoms with Crippen LogP contribution in [-0.4, -0.2) is 59.8 Å². The Morgan fingerprint density at radius 1 is 1.33 bits per heavy atom. The molecule has 2 aliphatic heterocycles. The van der Waals surface area contributed by atoms with Gasteiger partial charge in [0, 0.05) is 36.1 Å². The number of nitrogens with zero attached hydrogens (tertiary/aromatic N) is 2. The summed E-state index contributed by atoms with van der Waals surface area (Å²) >= 11 is 6.08. The fourth-order valence-corrected chi connectivity index (χ4v) is 4.42. The van der Waals surface area contributed by atoms with Crippen LogP contribution in [0.4, 0.5) is 11.4 Å². The highest BCUT2D eigenvalue weighted by Crippen LogP contribution is 2.38. The summed E-state index contributed by atoms with van der Waals surface area (Å²) in [6.45, 7) is 5.27. The summed E-state index contributed by atoms with van der Waals surface area (Å²) in [5, 5.41) is 3.22. The predicted octanol–water partition coefficient (Wildman–Crippen LogP) is 3.14. The molecule has 2 aliphatic rings. The van der Waals surface area contributed by atoms with Crippen molar-refractivity contribution in [1.29, 1.82) is 0 Å². The van der Waals surface area contributed by atoms with Crippen LogP contribution in [0.3, 0.4) is 0 Å². The van der Waals surface area contributed by atoms with E-state index in [0.29, 0.717) is 39.1 Å². The Bertz CT molecular complexity index is 1090. The van der Waals surface area contributed by atoms with Gasteiger partial charge < -0.3 is 25.8 Å². The molecule has 0 saturated carbocycles. The number of likely N-dealkylation sites (tertiary alicyclic amines) is 1. The van der Waals surface area contributed by atoms with Crippen molar-refractivity contribution in [2.75, 3.05) is 38.2 Å². The number of H-pyrrole nitrogens is 1. The number of nitrogen functional groups attached to an aromatic ring is 1. The highest BCUT2D eigenvalue weighted by atomic mass is 35.5. The van der Waals surface area contributed by atoms with Gasteiger partial charge in [0.25, 0.3) is 11.8 Å². The average molecular weight is 428 g/mol. The summed E-state index contributed by atoms with van der Waals surface area (Å²) in [5.41, 5.74) is 11.2. The van der Waals surface area contributed by atoms with E-state index in [1.165, 1.54) is 0 Å². The minimum absolute atomic E-state index is 0.0301. The molecular weight excluding hydrogens is 402 g/mol.